The van der Waals surface area contributed by atoms with Crippen LogP contribution < -0.4 is 17.1 Å². The van der Waals surface area contributed by atoms with Gasteiger partial charge in [-0.05, 0) is 18.8 Å². The van der Waals surface area contributed by atoms with E-state index in [0.717, 1.165) is 17.4 Å². The highest BCUT2D eigenvalue weighted by Gasteiger charge is 2.18. The van der Waals surface area contributed by atoms with Gasteiger partial charge < -0.3 is 29.9 Å². The van der Waals surface area contributed by atoms with E-state index in [1.807, 2.05) is 13.8 Å². The fourth-order valence-electron chi connectivity index (χ4n) is 3.09. The molecule has 0 radical (unpaired) electrons. The van der Waals surface area contributed by atoms with Crippen LogP contribution in [0.15, 0.2) is 14.4 Å². The normalized spacial score (nSPS) is 13.7. The number of carbonyl (C=O) groups excluding carboxylic acids is 2. The Labute approximate surface area is 207 Å². The van der Waals surface area contributed by atoms with Crippen LogP contribution >= 0.6 is 0 Å². The summed E-state index contributed by atoms with van der Waals surface area (Å²) in [5, 5.41) is 36.1. The van der Waals surface area contributed by atoms with Gasteiger partial charge in [-0.2, -0.15) is 0 Å². The number of hydrogen-bond donors (Lipinski definition) is 4. The smallest absolute Gasteiger partial charge is 0.336 e. The molecule has 36 heavy (non-hydrogen) atoms. The molecule has 3 unspecified atom stereocenters. The SMILES string of the molecule is CCC(C)CCCn1c(=O)n(CCC(=O)OCC(O)CO)c(=O)n(CCC(=O)OCC(O)CO)c1=O. The standard InChI is InChI=1S/C22H37N3O11/c1-3-15(2)5-4-8-23-20(32)24(9-6-18(30)35-13-16(28)11-26)22(34)25(21(23)33)10-7-19(31)36-14-17(29)12-27/h15-17,26-29H,3-14H2,1-2H3. The van der Waals surface area contributed by atoms with Crippen LogP contribution in [0.1, 0.15) is 46.0 Å². The van der Waals surface area contributed by atoms with Crippen LogP contribution in [-0.4, -0.2) is 84.7 Å². The number of hydrogen-bond acceptors (Lipinski definition) is 11. The van der Waals surface area contributed by atoms with E-state index in [0.29, 0.717) is 21.5 Å². The van der Waals surface area contributed by atoms with Crippen molar-refractivity contribution in [2.75, 3.05) is 26.4 Å². The Balaban J connectivity index is 3.14. The number of aliphatic hydroxyl groups is 4. The Morgan fingerprint density at radius 2 is 1.17 bits per heavy atom. The molecule has 0 bridgehead atoms. The van der Waals surface area contributed by atoms with Crippen molar-refractivity contribution >= 4 is 11.9 Å². The molecule has 14 nitrogen and oxygen atoms in total. The lowest BCUT2D eigenvalue weighted by Crippen LogP contribution is -2.55. The lowest BCUT2D eigenvalue weighted by molar-refractivity contribution is -0.148. The highest BCUT2D eigenvalue weighted by Crippen LogP contribution is 2.09. The maximum atomic E-state index is 12.9. The van der Waals surface area contributed by atoms with Crippen LogP contribution in [0.5, 0.6) is 0 Å². The second-order valence-electron chi connectivity index (χ2n) is 8.50. The van der Waals surface area contributed by atoms with Gasteiger partial charge in [-0.25, -0.2) is 28.1 Å². The molecular weight excluding hydrogens is 482 g/mol. The van der Waals surface area contributed by atoms with E-state index in [-0.39, 0.29) is 6.54 Å². The number of ether oxygens (including phenoxy) is 2. The molecule has 0 aliphatic heterocycles. The van der Waals surface area contributed by atoms with E-state index in [1.54, 1.807) is 0 Å². The van der Waals surface area contributed by atoms with Crippen LogP contribution in [0, 0.1) is 5.92 Å². The van der Waals surface area contributed by atoms with Crippen LogP contribution in [-0.2, 0) is 38.7 Å². The fourth-order valence-corrected chi connectivity index (χ4v) is 3.09. The first-order valence-corrected chi connectivity index (χ1v) is 11.9. The van der Waals surface area contributed by atoms with E-state index >= 15 is 0 Å². The van der Waals surface area contributed by atoms with Crippen molar-refractivity contribution in [1.29, 1.82) is 0 Å². The number of carbonyl (C=O) groups is 2. The summed E-state index contributed by atoms with van der Waals surface area (Å²) in [6.45, 7) is 1.10. The van der Waals surface area contributed by atoms with E-state index in [9.17, 15) is 34.2 Å². The third kappa shape index (κ3) is 10.0. The van der Waals surface area contributed by atoms with Crippen LogP contribution in [0.3, 0.4) is 0 Å². The molecule has 1 aromatic heterocycles. The summed E-state index contributed by atoms with van der Waals surface area (Å²) in [6.07, 6.45) is -1.22. The molecular formula is C22H37N3O11. The Morgan fingerprint density at radius 1 is 0.778 bits per heavy atom. The van der Waals surface area contributed by atoms with Crippen molar-refractivity contribution in [2.24, 2.45) is 5.92 Å². The molecule has 14 heteroatoms. The van der Waals surface area contributed by atoms with Crippen molar-refractivity contribution in [1.82, 2.24) is 13.7 Å². The van der Waals surface area contributed by atoms with Gasteiger partial charge in [0.1, 0.15) is 25.4 Å². The number of nitrogens with zero attached hydrogens (tertiary/aromatic N) is 3. The molecule has 0 amide bonds. The largest absolute Gasteiger partial charge is 0.463 e. The summed E-state index contributed by atoms with van der Waals surface area (Å²) >= 11 is 0. The second-order valence-corrected chi connectivity index (χ2v) is 8.50. The lowest BCUT2D eigenvalue weighted by atomic mass is 10.0. The molecule has 0 aliphatic carbocycles. The van der Waals surface area contributed by atoms with Crippen molar-refractivity contribution in [3.63, 3.8) is 0 Å². The van der Waals surface area contributed by atoms with Crippen molar-refractivity contribution in [3.05, 3.63) is 31.5 Å². The van der Waals surface area contributed by atoms with Gasteiger partial charge >= 0.3 is 29.0 Å². The predicted molar refractivity (Wildman–Crippen MR) is 125 cm³/mol. The van der Waals surface area contributed by atoms with Gasteiger partial charge in [-0.15, -0.1) is 0 Å². The molecule has 1 heterocycles. The maximum Gasteiger partial charge on any atom is 0.336 e. The van der Waals surface area contributed by atoms with Gasteiger partial charge in [-0.3, -0.25) is 9.59 Å². The molecule has 206 valence electrons. The summed E-state index contributed by atoms with van der Waals surface area (Å²) in [5.74, 6) is -1.30. The molecule has 1 rings (SSSR count). The maximum absolute atomic E-state index is 12.9. The van der Waals surface area contributed by atoms with Crippen molar-refractivity contribution < 1.29 is 39.5 Å². The molecule has 0 aliphatic rings. The van der Waals surface area contributed by atoms with Crippen LogP contribution in [0.25, 0.3) is 0 Å². The van der Waals surface area contributed by atoms with Gasteiger partial charge in [-0.1, -0.05) is 20.3 Å². The van der Waals surface area contributed by atoms with Gasteiger partial charge in [0.05, 0.1) is 26.1 Å². The first kappa shape index (κ1) is 31.2. The minimum atomic E-state index is -1.26. The molecule has 3 atom stereocenters. The van der Waals surface area contributed by atoms with E-state index in [4.69, 9.17) is 19.7 Å². The average Bonchev–Trinajstić information content (AvgIpc) is 2.87. The minimum absolute atomic E-state index is 0.0303. The van der Waals surface area contributed by atoms with E-state index in [1.165, 1.54) is 0 Å². The quantitative estimate of drug-likeness (QED) is 0.160. The van der Waals surface area contributed by atoms with Crippen molar-refractivity contribution in [2.45, 2.75) is 77.8 Å². The Morgan fingerprint density at radius 3 is 1.53 bits per heavy atom. The van der Waals surface area contributed by atoms with Gasteiger partial charge in [0.15, 0.2) is 0 Å². The topological polar surface area (TPSA) is 200 Å². The Hall–Kier alpha value is -2.81. The first-order valence-electron chi connectivity index (χ1n) is 11.9. The number of aliphatic hydroxyl groups excluding tert-OH is 4. The van der Waals surface area contributed by atoms with Gasteiger partial charge in [0.25, 0.3) is 0 Å². The van der Waals surface area contributed by atoms with E-state index < -0.39 is 93.6 Å². The van der Waals surface area contributed by atoms with E-state index in [2.05, 4.69) is 0 Å². The molecule has 4 N–H and O–H groups in total. The Kier molecular flexibility index (Phi) is 13.9. The summed E-state index contributed by atoms with van der Waals surface area (Å²) in [6, 6.07) is 0. The monoisotopic (exact) mass is 519 g/mol. The zero-order valence-corrected chi connectivity index (χ0v) is 20.7. The predicted octanol–water partition coefficient (Wildman–Crippen LogP) is -2.43. The third-order valence-corrected chi connectivity index (χ3v) is 5.53. The number of rotatable bonds is 17. The fraction of sp³-hybridized carbons (Fsp3) is 0.773. The summed E-state index contributed by atoms with van der Waals surface area (Å²) in [4.78, 5) is 62.6. The molecule has 0 saturated carbocycles. The first-order chi connectivity index (χ1) is 17.0. The average molecular weight is 520 g/mol. The molecule has 0 fully saturated rings. The molecule has 0 spiro atoms. The highest BCUT2D eigenvalue weighted by molar-refractivity contribution is 5.69. The molecule has 0 saturated heterocycles. The molecule has 1 aromatic rings. The lowest BCUT2D eigenvalue weighted by Gasteiger charge is -2.15. The van der Waals surface area contributed by atoms with Crippen molar-refractivity contribution in [3.8, 4) is 0 Å². The second kappa shape index (κ2) is 16.0. The minimum Gasteiger partial charge on any atom is -0.463 e. The van der Waals surface area contributed by atoms with Gasteiger partial charge in [0, 0.05) is 19.6 Å². The van der Waals surface area contributed by atoms with Crippen LogP contribution in [0.4, 0.5) is 0 Å². The summed E-state index contributed by atoms with van der Waals surface area (Å²) < 4.78 is 11.8. The number of esters is 2. The number of aromatic nitrogens is 3. The summed E-state index contributed by atoms with van der Waals surface area (Å²) in [7, 11) is 0. The zero-order valence-electron chi connectivity index (χ0n) is 20.7. The van der Waals surface area contributed by atoms with Crippen LogP contribution in [0.2, 0.25) is 0 Å². The highest BCUT2D eigenvalue weighted by atomic mass is 16.5. The molecule has 0 aromatic carbocycles. The zero-order chi connectivity index (χ0) is 27.3. The summed E-state index contributed by atoms with van der Waals surface area (Å²) in [5.41, 5.74) is -2.82. The Bertz CT molecular complexity index is 946. The third-order valence-electron chi connectivity index (χ3n) is 5.53. The van der Waals surface area contributed by atoms with Gasteiger partial charge in [0.2, 0.25) is 0 Å².